The summed E-state index contributed by atoms with van der Waals surface area (Å²) in [5.41, 5.74) is 2.93. The van der Waals surface area contributed by atoms with Crippen molar-refractivity contribution in [3.05, 3.63) is 47.5 Å². The third kappa shape index (κ3) is 9.80. The number of nitrogens with zero attached hydrogens (tertiary/aromatic N) is 2. The van der Waals surface area contributed by atoms with E-state index < -0.39 is 29.0 Å². The molecule has 2 unspecified atom stereocenters. The van der Waals surface area contributed by atoms with E-state index in [0.29, 0.717) is 30.4 Å². The van der Waals surface area contributed by atoms with Gasteiger partial charge >= 0.3 is 5.97 Å². The van der Waals surface area contributed by atoms with E-state index in [0.717, 1.165) is 86.4 Å². The molecule has 2 saturated heterocycles. The monoisotopic (exact) mass is 838 g/mol. The van der Waals surface area contributed by atoms with Gasteiger partial charge in [0.2, 0.25) is 11.8 Å². The van der Waals surface area contributed by atoms with Gasteiger partial charge in [-0.3, -0.25) is 24.1 Å². The van der Waals surface area contributed by atoms with Crippen molar-refractivity contribution in [3.8, 4) is 17.0 Å². The summed E-state index contributed by atoms with van der Waals surface area (Å²) in [4.78, 5) is 62.8. The molecule has 0 spiro atoms. The fourth-order valence-electron chi connectivity index (χ4n) is 10.1. The van der Waals surface area contributed by atoms with Crippen LogP contribution in [0, 0.1) is 30.1 Å². The average Bonchev–Trinajstić information content (AvgIpc) is 3.96. The van der Waals surface area contributed by atoms with Crippen molar-refractivity contribution in [2.45, 2.75) is 136 Å². The minimum absolute atomic E-state index is 0.0630. The third-order valence-electron chi connectivity index (χ3n) is 14.1. The lowest BCUT2D eigenvalue weighted by Crippen LogP contribution is -2.53. The SMILES string of the molecule is CC(=O)C1(NC(=O)[C@@H]2C[C@@H](Oc3cc(-c4ccc(NC(C)C)[nH]4)cc4c(C)c(CCCN5CCOCC5)ccc34)CN2C(=O)[C@@H](CC(=O)OC2CC3CC3C2)C(C)(C)C)CC1. The number of Topliss-reactive ketones (excluding diaryl/α,β-unsaturated/α-hetero) is 1. The topological polar surface area (TPSA) is 142 Å². The molecule has 8 rings (SSSR count). The first-order valence-electron chi connectivity index (χ1n) is 22.9. The molecule has 5 atom stereocenters. The first-order chi connectivity index (χ1) is 29.1. The van der Waals surface area contributed by atoms with Crippen molar-refractivity contribution in [2.24, 2.45) is 23.2 Å². The molecule has 3 N–H and O–H groups in total. The van der Waals surface area contributed by atoms with E-state index in [-0.39, 0.29) is 55.1 Å². The zero-order valence-electron chi connectivity index (χ0n) is 37.4. The Morgan fingerprint density at radius 2 is 1.69 bits per heavy atom. The number of likely N-dealkylation sites (tertiary alicyclic amines) is 1. The summed E-state index contributed by atoms with van der Waals surface area (Å²) < 4.78 is 18.5. The van der Waals surface area contributed by atoms with Crippen LogP contribution in [0.15, 0.2) is 36.4 Å². The van der Waals surface area contributed by atoms with Crippen LogP contribution in [0.5, 0.6) is 5.75 Å². The van der Waals surface area contributed by atoms with Crippen LogP contribution in [0.25, 0.3) is 22.0 Å². The lowest BCUT2D eigenvalue weighted by atomic mass is 9.77. The van der Waals surface area contributed by atoms with Gasteiger partial charge in [-0.25, -0.2) is 0 Å². The molecule has 61 heavy (non-hydrogen) atoms. The van der Waals surface area contributed by atoms with Crippen molar-refractivity contribution in [1.29, 1.82) is 0 Å². The van der Waals surface area contributed by atoms with Gasteiger partial charge in [0.25, 0.3) is 0 Å². The summed E-state index contributed by atoms with van der Waals surface area (Å²) in [6.07, 6.45) is 5.76. The number of fused-ring (bicyclic) bond motifs is 2. The van der Waals surface area contributed by atoms with E-state index >= 15 is 0 Å². The molecular formula is C49H67N5O7. The number of aromatic nitrogens is 1. The molecule has 2 aromatic carbocycles. The molecule has 2 aliphatic heterocycles. The number of carbonyl (C=O) groups is 4. The van der Waals surface area contributed by atoms with Gasteiger partial charge < -0.3 is 34.7 Å². The number of rotatable bonds is 16. The first-order valence-corrected chi connectivity index (χ1v) is 22.9. The second kappa shape index (κ2) is 17.4. The van der Waals surface area contributed by atoms with E-state index in [1.54, 1.807) is 4.90 Å². The normalized spacial score (nSPS) is 25.0. The number of H-pyrrole nitrogens is 1. The number of ether oxygens (including phenoxy) is 3. The highest BCUT2D eigenvalue weighted by Crippen LogP contribution is 2.52. The number of carbonyl (C=O) groups excluding carboxylic acids is 4. The number of anilines is 1. The zero-order chi connectivity index (χ0) is 43.2. The fourth-order valence-corrected chi connectivity index (χ4v) is 10.1. The summed E-state index contributed by atoms with van der Waals surface area (Å²) in [5.74, 6) is 1.13. The lowest BCUT2D eigenvalue weighted by Gasteiger charge is -2.35. The van der Waals surface area contributed by atoms with Gasteiger partial charge in [0, 0.05) is 42.2 Å². The first kappa shape index (κ1) is 43.2. The molecule has 12 heteroatoms. The van der Waals surface area contributed by atoms with E-state index in [1.165, 1.54) is 24.5 Å². The minimum atomic E-state index is -0.888. The summed E-state index contributed by atoms with van der Waals surface area (Å²) in [7, 11) is 0. The highest BCUT2D eigenvalue weighted by atomic mass is 16.5. The van der Waals surface area contributed by atoms with Gasteiger partial charge in [-0.05, 0) is 137 Å². The Hall–Kier alpha value is -4.42. The summed E-state index contributed by atoms with van der Waals surface area (Å²) in [6, 6.07) is 12.1. The molecule has 3 saturated carbocycles. The number of benzene rings is 2. The standard InChI is InChI=1S/C49H67N5O7/c1-29(2)50-44-13-12-41(51-44)35-24-39-30(3)32(9-8-16-53-17-19-59-20-18-53)10-11-38(39)43(25-35)60-37-26-42(46(57)52-49(14-15-49)31(4)55)54(28-37)47(58)40(48(5,6)7)27-45(56)61-36-22-33-21-34(33)23-36/h10-13,24-25,29,33-34,36-37,40,42,50-51H,8-9,14-23,26-28H2,1-7H3,(H,52,57)/t33?,34?,36?,37-,40-,42+/m1/s1. The Morgan fingerprint density at radius 1 is 0.951 bits per heavy atom. The number of hydrogen-bond donors (Lipinski definition) is 3. The third-order valence-corrected chi connectivity index (χ3v) is 14.1. The quantitative estimate of drug-likeness (QED) is 0.128. The predicted octanol–water partition coefficient (Wildman–Crippen LogP) is 7.21. The molecule has 0 radical (unpaired) electrons. The molecule has 5 fully saturated rings. The number of nitrogens with one attached hydrogen (secondary N) is 3. The van der Waals surface area contributed by atoms with Crippen LogP contribution in [-0.2, 0) is 35.1 Å². The Labute approximate surface area is 361 Å². The molecule has 3 aromatic rings. The van der Waals surface area contributed by atoms with Crippen molar-refractivity contribution in [1.82, 2.24) is 20.1 Å². The maximum absolute atomic E-state index is 14.8. The molecule has 3 aliphatic carbocycles. The van der Waals surface area contributed by atoms with E-state index in [4.69, 9.17) is 14.2 Å². The molecule has 1 aromatic heterocycles. The number of ketones is 1. The van der Waals surface area contributed by atoms with Crippen LogP contribution in [0.1, 0.15) is 104 Å². The Bertz CT molecular complexity index is 2120. The van der Waals surface area contributed by atoms with Gasteiger partial charge in [0.15, 0.2) is 5.78 Å². The second-order valence-corrected chi connectivity index (χ2v) is 20.1. The largest absolute Gasteiger partial charge is 0.488 e. The summed E-state index contributed by atoms with van der Waals surface area (Å²) >= 11 is 0. The Kier molecular flexibility index (Phi) is 12.3. The Balaban J connectivity index is 1.08. The molecular weight excluding hydrogens is 771 g/mol. The molecule has 5 aliphatic rings. The number of amides is 2. The molecule has 3 heterocycles. The van der Waals surface area contributed by atoms with E-state index in [9.17, 15) is 19.2 Å². The van der Waals surface area contributed by atoms with Gasteiger partial charge in [-0.2, -0.15) is 0 Å². The molecule has 12 nitrogen and oxygen atoms in total. The predicted molar refractivity (Wildman–Crippen MR) is 236 cm³/mol. The van der Waals surface area contributed by atoms with Gasteiger partial charge in [-0.15, -0.1) is 0 Å². The summed E-state index contributed by atoms with van der Waals surface area (Å²) in [5, 5.41) is 8.55. The van der Waals surface area contributed by atoms with Crippen molar-refractivity contribution >= 4 is 40.2 Å². The lowest BCUT2D eigenvalue weighted by molar-refractivity contribution is -0.156. The van der Waals surface area contributed by atoms with Crippen LogP contribution in [0.2, 0.25) is 0 Å². The van der Waals surface area contributed by atoms with Crippen molar-refractivity contribution < 1.29 is 33.4 Å². The highest BCUT2D eigenvalue weighted by molar-refractivity contribution is 5.98. The van der Waals surface area contributed by atoms with Gasteiger partial charge in [-0.1, -0.05) is 32.9 Å². The summed E-state index contributed by atoms with van der Waals surface area (Å²) in [6.45, 7) is 18.5. The number of aromatic amines is 1. The number of hydrogen-bond acceptors (Lipinski definition) is 9. The molecule has 330 valence electrons. The van der Waals surface area contributed by atoms with Crippen LogP contribution in [-0.4, -0.2) is 108 Å². The molecule has 2 amide bonds. The number of esters is 1. The van der Waals surface area contributed by atoms with Crippen LogP contribution >= 0.6 is 0 Å². The smallest absolute Gasteiger partial charge is 0.306 e. The zero-order valence-corrected chi connectivity index (χ0v) is 37.4. The van der Waals surface area contributed by atoms with Crippen LogP contribution in [0.3, 0.4) is 0 Å². The van der Waals surface area contributed by atoms with Crippen LogP contribution < -0.4 is 15.4 Å². The average molecular weight is 838 g/mol. The maximum Gasteiger partial charge on any atom is 0.306 e. The number of aryl methyl sites for hydroxylation is 2. The molecule has 0 bridgehead atoms. The second-order valence-electron chi connectivity index (χ2n) is 20.1. The van der Waals surface area contributed by atoms with Crippen LogP contribution in [0.4, 0.5) is 5.82 Å². The van der Waals surface area contributed by atoms with Crippen molar-refractivity contribution in [3.63, 3.8) is 0 Å². The maximum atomic E-state index is 14.8. The van der Waals surface area contributed by atoms with E-state index in [1.807, 2.05) is 26.8 Å². The van der Waals surface area contributed by atoms with Crippen molar-refractivity contribution in [2.75, 3.05) is 44.7 Å². The highest BCUT2D eigenvalue weighted by Gasteiger charge is 2.53. The Morgan fingerprint density at radius 3 is 2.36 bits per heavy atom. The van der Waals surface area contributed by atoms with E-state index in [2.05, 4.69) is 71.6 Å². The fraction of sp³-hybridized carbons (Fsp3) is 0.633. The van der Waals surface area contributed by atoms with Gasteiger partial charge in [0.1, 0.15) is 29.8 Å². The number of morpholine rings is 1. The van der Waals surface area contributed by atoms with Gasteiger partial charge in [0.05, 0.1) is 37.6 Å². The minimum Gasteiger partial charge on any atom is -0.488 e.